The second kappa shape index (κ2) is 6.73. The number of methoxy groups -OCH3 is 2. The highest BCUT2D eigenvalue weighted by atomic mass is 32.1. The SMILES string of the molecule is COc1cc(/C=c2\sc3nc(-c4ccncc4)cn3c2=O)cc(OC)c1O. The summed E-state index contributed by atoms with van der Waals surface area (Å²) >= 11 is 1.29. The van der Waals surface area contributed by atoms with Crippen LogP contribution in [0.2, 0.25) is 0 Å². The third-order valence-electron chi connectivity index (χ3n) is 4.08. The van der Waals surface area contributed by atoms with Crippen molar-refractivity contribution in [2.75, 3.05) is 14.2 Å². The summed E-state index contributed by atoms with van der Waals surface area (Å²) < 4.78 is 12.4. The minimum Gasteiger partial charge on any atom is -0.502 e. The molecule has 4 aromatic rings. The fraction of sp³-hybridized carbons (Fsp3) is 0.105. The predicted octanol–water partition coefficient (Wildman–Crippen LogP) is 2.09. The number of thiazole rings is 1. The Labute approximate surface area is 157 Å². The van der Waals surface area contributed by atoms with E-state index in [2.05, 4.69) is 9.97 Å². The summed E-state index contributed by atoms with van der Waals surface area (Å²) in [4.78, 5) is 21.9. The molecule has 0 unspecified atom stereocenters. The van der Waals surface area contributed by atoms with Crippen molar-refractivity contribution in [3.8, 4) is 28.5 Å². The maximum absolute atomic E-state index is 12.7. The quantitative estimate of drug-likeness (QED) is 0.583. The van der Waals surface area contributed by atoms with Gasteiger partial charge in [0.05, 0.1) is 24.4 Å². The first-order valence-corrected chi connectivity index (χ1v) is 8.81. The number of aromatic hydroxyl groups is 1. The van der Waals surface area contributed by atoms with Crippen molar-refractivity contribution < 1.29 is 14.6 Å². The number of pyridine rings is 1. The molecule has 0 aliphatic carbocycles. The minimum atomic E-state index is -0.159. The van der Waals surface area contributed by atoms with Gasteiger partial charge in [-0.25, -0.2) is 4.98 Å². The van der Waals surface area contributed by atoms with E-state index in [1.54, 1.807) is 36.8 Å². The molecule has 136 valence electrons. The smallest absolute Gasteiger partial charge is 0.274 e. The van der Waals surface area contributed by atoms with E-state index in [-0.39, 0.29) is 22.8 Å². The first kappa shape index (κ1) is 17.0. The third kappa shape index (κ3) is 3.00. The molecule has 0 aliphatic rings. The van der Waals surface area contributed by atoms with Crippen LogP contribution in [0.15, 0.2) is 47.7 Å². The Morgan fingerprint density at radius 3 is 2.41 bits per heavy atom. The summed E-state index contributed by atoms with van der Waals surface area (Å²) in [5, 5.41) is 10.0. The van der Waals surface area contributed by atoms with Gasteiger partial charge >= 0.3 is 0 Å². The first-order valence-electron chi connectivity index (χ1n) is 7.99. The second-order valence-corrected chi connectivity index (χ2v) is 6.71. The minimum absolute atomic E-state index is 0.0810. The van der Waals surface area contributed by atoms with Crippen LogP contribution in [0.5, 0.6) is 17.2 Å². The summed E-state index contributed by atoms with van der Waals surface area (Å²) in [5.41, 5.74) is 2.14. The molecule has 7 nitrogen and oxygen atoms in total. The summed E-state index contributed by atoms with van der Waals surface area (Å²) in [6, 6.07) is 6.97. The zero-order valence-electron chi connectivity index (χ0n) is 14.5. The van der Waals surface area contributed by atoms with E-state index in [1.165, 1.54) is 30.0 Å². The van der Waals surface area contributed by atoms with Gasteiger partial charge in [-0.05, 0) is 35.9 Å². The van der Waals surface area contributed by atoms with Crippen LogP contribution in [-0.2, 0) is 0 Å². The highest BCUT2D eigenvalue weighted by Crippen LogP contribution is 2.37. The van der Waals surface area contributed by atoms with Crippen LogP contribution in [0.1, 0.15) is 5.56 Å². The van der Waals surface area contributed by atoms with Crippen molar-refractivity contribution in [1.82, 2.24) is 14.4 Å². The zero-order valence-corrected chi connectivity index (χ0v) is 15.4. The van der Waals surface area contributed by atoms with Crippen LogP contribution in [0, 0.1) is 0 Å². The van der Waals surface area contributed by atoms with E-state index >= 15 is 0 Å². The van der Waals surface area contributed by atoms with Gasteiger partial charge in [0.15, 0.2) is 16.5 Å². The van der Waals surface area contributed by atoms with E-state index < -0.39 is 0 Å². The molecule has 3 aromatic heterocycles. The molecule has 27 heavy (non-hydrogen) atoms. The van der Waals surface area contributed by atoms with Gasteiger partial charge in [0.25, 0.3) is 5.56 Å². The van der Waals surface area contributed by atoms with Gasteiger partial charge in [-0.15, -0.1) is 0 Å². The van der Waals surface area contributed by atoms with E-state index in [1.807, 2.05) is 12.1 Å². The molecule has 0 aliphatic heterocycles. The highest BCUT2D eigenvalue weighted by molar-refractivity contribution is 7.15. The summed E-state index contributed by atoms with van der Waals surface area (Å²) in [6.45, 7) is 0. The summed E-state index contributed by atoms with van der Waals surface area (Å²) in [5.74, 6) is 0.464. The molecule has 1 aromatic carbocycles. The number of ether oxygens (including phenoxy) is 2. The van der Waals surface area contributed by atoms with Crippen LogP contribution < -0.4 is 19.6 Å². The molecule has 0 spiro atoms. The lowest BCUT2D eigenvalue weighted by Crippen LogP contribution is -2.22. The maximum atomic E-state index is 12.7. The molecule has 0 amide bonds. The van der Waals surface area contributed by atoms with Gasteiger partial charge in [-0.1, -0.05) is 11.3 Å². The van der Waals surface area contributed by atoms with E-state index in [0.29, 0.717) is 15.1 Å². The lowest BCUT2D eigenvalue weighted by atomic mass is 10.1. The number of imidazole rings is 1. The Balaban J connectivity index is 1.82. The van der Waals surface area contributed by atoms with Crippen molar-refractivity contribution >= 4 is 22.4 Å². The predicted molar refractivity (Wildman–Crippen MR) is 103 cm³/mol. The molecule has 3 heterocycles. The molecule has 0 saturated carbocycles. The molecular formula is C19H15N3O4S. The topological polar surface area (TPSA) is 86.0 Å². The normalized spacial score (nSPS) is 11.9. The van der Waals surface area contributed by atoms with Gasteiger partial charge in [-0.3, -0.25) is 14.2 Å². The van der Waals surface area contributed by atoms with E-state index in [4.69, 9.17) is 9.47 Å². The average molecular weight is 381 g/mol. The van der Waals surface area contributed by atoms with Gasteiger partial charge in [0.1, 0.15) is 0 Å². The summed E-state index contributed by atoms with van der Waals surface area (Å²) in [6.07, 6.45) is 6.81. The fourth-order valence-corrected chi connectivity index (χ4v) is 3.70. The molecular weight excluding hydrogens is 366 g/mol. The number of fused-ring (bicyclic) bond motifs is 1. The fourth-order valence-electron chi connectivity index (χ4n) is 2.74. The number of hydrogen-bond acceptors (Lipinski definition) is 7. The first-order chi connectivity index (χ1) is 13.1. The Morgan fingerprint density at radius 2 is 1.81 bits per heavy atom. The van der Waals surface area contributed by atoms with Crippen LogP contribution in [0.4, 0.5) is 0 Å². The van der Waals surface area contributed by atoms with Crippen molar-refractivity contribution in [3.05, 3.63) is 63.3 Å². The maximum Gasteiger partial charge on any atom is 0.274 e. The van der Waals surface area contributed by atoms with Gasteiger partial charge in [-0.2, -0.15) is 0 Å². The molecule has 4 rings (SSSR count). The number of phenolic OH excluding ortho intramolecular Hbond substituents is 1. The highest BCUT2D eigenvalue weighted by Gasteiger charge is 2.12. The Morgan fingerprint density at radius 1 is 1.15 bits per heavy atom. The van der Waals surface area contributed by atoms with Crippen LogP contribution in [0.25, 0.3) is 22.3 Å². The number of aromatic nitrogens is 3. The largest absolute Gasteiger partial charge is 0.502 e. The molecule has 0 radical (unpaired) electrons. The van der Waals surface area contributed by atoms with E-state index in [9.17, 15) is 9.90 Å². The van der Waals surface area contributed by atoms with Crippen molar-refractivity contribution in [3.63, 3.8) is 0 Å². The number of rotatable bonds is 4. The molecule has 0 fully saturated rings. The second-order valence-electron chi connectivity index (χ2n) is 5.70. The Hall–Kier alpha value is -3.39. The Kier molecular flexibility index (Phi) is 4.25. The molecule has 8 heteroatoms. The summed E-state index contributed by atoms with van der Waals surface area (Å²) in [7, 11) is 2.91. The molecule has 0 bridgehead atoms. The lowest BCUT2D eigenvalue weighted by Gasteiger charge is -2.09. The lowest BCUT2D eigenvalue weighted by molar-refractivity contribution is 0.340. The number of hydrogen-bond donors (Lipinski definition) is 1. The van der Waals surface area contributed by atoms with Gasteiger partial charge in [0.2, 0.25) is 5.75 Å². The number of phenols is 1. The van der Waals surface area contributed by atoms with Crippen LogP contribution in [-0.4, -0.2) is 33.7 Å². The van der Waals surface area contributed by atoms with Crippen molar-refractivity contribution in [2.24, 2.45) is 0 Å². The zero-order chi connectivity index (χ0) is 19.0. The molecule has 0 saturated heterocycles. The van der Waals surface area contributed by atoms with Gasteiger partial charge < -0.3 is 14.6 Å². The molecule has 0 atom stereocenters. The van der Waals surface area contributed by atoms with E-state index in [0.717, 1.165) is 11.3 Å². The van der Waals surface area contributed by atoms with Crippen LogP contribution >= 0.6 is 11.3 Å². The molecule has 1 N–H and O–H groups in total. The Bertz CT molecular complexity index is 1210. The number of benzene rings is 1. The third-order valence-corrected chi connectivity index (χ3v) is 5.06. The average Bonchev–Trinajstić information content (AvgIpc) is 3.23. The van der Waals surface area contributed by atoms with Crippen molar-refractivity contribution in [2.45, 2.75) is 0 Å². The number of nitrogens with zero attached hydrogens (tertiary/aromatic N) is 3. The van der Waals surface area contributed by atoms with Crippen molar-refractivity contribution in [1.29, 1.82) is 0 Å². The standard InChI is InChI=1S/C19H15N3O4S/c1-25-14-7-11(8-15(26-2)17(14)23)9-16-18(24)22-10-13(21-19(22)27-16)12-3-5-20-6-4-12/h3-10,23H,1-2H3/b16-9-. The van der Waals surface area contributed by atoms with Gasteiger partial charge in [0, 0.05) is 24.2 Å². The monoisotopic (exact) mass is 381 g/mol. The van der Waals surface area contributed by atoms with Crippen LogP contribution in [0.3, 0.4) is 0 Å².